The van der Waals surface area contributed by atoms with Crippen LogP contribution in [0.2, 0.25) is 0 Å². The smallest absolute Gasteiger partial charge is 0.259 e. The molecule has 8 heteroatoms. The third-order valence-corrected chi connectivity index (χ3v) is 5.66. The number of carbonyl (C=O) groups excluding carboxylic acids is 2. The molecule has 0 saturated carbocycles. The van der Waals surface area contributed by atoms with Crippen LogP contribution in [-0.2, 0) is 9.59 Å². The summed E-state index contributed by atoms with van der Waals surface area (Å²) >= 11 is 1.14. The zero-order valence-electron chi connectivity index (χ0n) is 16.6. The van der Waals surface area contributed by atoms with Crippen LogP contribution in [-0.4, -0.2) is 39.5 Å². The number of anilines is 1. The van der Waals surface area contributed by atoms with Crippen molar-refractivity contribution in [2.24, 2.45) is 15.9 Å². The molecule has 0 aliphatic carbocycles. The average molecular weight is 425 g/mol. The fourth-order valence-corrected chi connectivity index (χ4v) is 4.18. The van der Waals surface area contributed by atoms with E-state index in [1.54, 1.807) is 12.1 Å². The molecule has 1 atom stereocenters. The molecule has 2 heterocycles. The van der Waals surface area contributed by atoms with Crippen LogP contribution in [0.5, 0.6) is 0 Å². The van der Waals surface area contributed by atoms with Crippen LogP contribution >= 0.6 is 11.8 Å². The van der Waals surface area contributed by atoms with Crippen molar-refractivity contribution in [3.63, 3.8) is 0 Å². The number of amidine groups is 2. The zero-order valence-corrected chi connectivity index (χ0v) is 17.4. The van der Waals surface area contributed by atoms with E-state index < -0.39 is 11.9 Å². The third-order valence-electron chi connectivity index (χ3n) is 4.72. The Bertz CT molecular complexity index is 1070. The van der Waals surface area contributed by atoms with Crippen molar-refractivity contribution in [3.05, 3.63) is 59.9 Å². The summed E-state index contributed by atoms with van der Waals surface area (Å²) in [5.41, 5.74) is 1.63. The number of rotatable bonds is 5. The van der Waals surface area contributed by atoms with Crippen molar-refractivity contribution < 1.29 is 14.0 Å². The molecule has 2 amide bonds. The number of nitrogens with one attached hydrogen (secondary N) is 1. The molecule has 0 radical (unpaired) electrons. The van der Waals surface area contributed by atoms with Crippen molar-refractivity contribution in [3.8, 4) is 0 Å². The standard InChI is InChI=1S/C22H21FN4O2S/c1-13(2)11-18-21(29)27-20(25-18)14-7-3-5-9-16(14)26-22(27)30-12-19(28)24-17-10-6-4-8-15(17)23/h3-10,13,18H,11-12H2,1-2H3,(H,24,28)/t18-/m0/s1. The van der Waals surface area contributed by atoms with Gasteiger partial charge in [0.05, 0.1) is 17.1 Å². The number of para-hydroxylation sites is 2. The van der Waals surface area contributed by atoms with E-state index in [2.05, 4.69) is 29.1 Å². The normalized spacial score (nSPS) is 17.4. The van der Waals surface area contributed by atoms with Crippen LogP contribution in [0.4, 0.5) is 15.8 Å². The summed E-state index contributed by atoms with van der Waals surface area (Å²) in [5.74, 6) is -0.126. The second-order valence-electron chi connectivity index (χ2n) is 7.50. The lowest BCUT2D eigenvalue weighted by Crippen LogP contribution is -2.41. The van der Waals surface area contributed by atoms with Crippen molar-refractivity contribution in [1.29, 1.82) is 0 Å². The van der Waals surface area contributed by atoms with Gasteiger partial charge in [-0.1, -0.05) is 49.9 Å². The van der Waals surface area contributed by atoms with Gasteiger partial charge in [-0.05, 0) is 36.6 Å². The van der Waals surface area contributed by atoms with Crippen molar-refractivity contribution >= 4 is 46.0 Å². The summed E-state index contributed by atoms with van der Waals surface area (Å²) in [4.78, 5) is 36.2. The van der Waals surface area contributed by atoms with Gasteiger partial charge in [-0.3, -0.25) is 14.6 Å². The SMILES string of the molecule is CC(C)C[C@@H]1N=C2c3ccccc3N=C(SCC(=O)Nc3ccccc3F)N2C1=O. The second kappa shape index (κ2) is 8.39. The number of hydrogen-bond acceptors (Lipinski definition) is 5. The molecule has 2 aliphatic heterocycles. The molecule has 4 rings (SSSR count). The minimum Gasteiger partial charge on any atom is -0.323 e. The van der Waals surface area contributed by atoms with E-state index in [4.69, 9.17) is 0 Å². The molecule has 0 saturated heterocycles. The van der Waals surface area contributed by atoms with E-state index in [1.165, 1.54) is 17.0 Å². The summed E-state index contributed by atoms with van der Waals surface area (Å²) in [5, 5.41) is 2.96. The molecule has 2 aliphatic rings. The van der Waals surface area contributed by atoms with Gasteiger partial charge in [-0.15, -0.1) is 0 Å². The molecule has 0 aromatic heterocycles. The Morgan fingerprint density at radius 2 is 1.93 bits per heavy atom. The van der Waals surface area contributed by atoms with Gasteiger partial charge >= 0.3 is 0 Å². The highest BCUT2D eigenvalue weighted by Crippen LogP contribution is 2.34. The van der Waals surface area contributed by atoms with Gasteiger partial charge < -0.3 is 5.32 Å². The predicted octanol–water partition coefficient (Wildman–Crippen LogP) is 4.20. The molecule has 1 N–H and O–H groups in total. The Morgan fingerprint density at radius 1 is 1.20 bits per heavy atom. The van der Waals surface area contributed by atoms with E-state index in [0.717, 1.165) is 17.3 Å². The van der Waals surface area contributed by atoms with Gasteiger partial charge in [0.1, 0.15) is 17.7 Å². The number of nitrogens with zero attached hydrogens (tertiary/aromatic N) is 3. The highest BCUT2D eigenvalue weighted by molar-refractivity contribution is 8.14. The highest BCUT2D eigenvalue weighted by Gasteiger charge is 2.41. The fourth-order valence-electron chi connectivity index (χ4n) is 3.38. The topological polar surface area (TPSA) is 74.1 Å². The summed E-state index contributed by atoms with van der Waals surface area (Å²) in [7, 11) is 0. The van der Waals surface area contributed by atoms with Crippen LogP contribution in [0.15, 0.2) is 58.5 Å². The average Bonchev–Trinajstić information content (AvgIpc) is 3.04. The fraction of sp³-hybridized carbons (Fsp3) is 0.273. The highest BCUT2D eigenvalue weighted by atomic mass is 32.2. The molecule has 30 heavy (non-hydrogen) atoms. The van der Waals surface area contributed by atoms with E-state index in [0.29, 0.717) is 29.0 Å². The van der Waals surface area contributed by atoms with E-state index in [-0.39, 0.29) is 23.3 Å². The third kappa shape index (κ3) is 4.00. The number of amides is 2. The molecule has 0 spiro atoms. The van der Waals surface area contributed by atoms with Crippen LogP contribution in [0.25, 0.3) is 0 Å². The maximum atomic E-state index is 13.8. The lowest BCUT2D eigenvalue weighted by atomic mass is 10.0. The Hall–Kier alpha value is -3.00. The van der Waals surface area contributed by atoms with Crippen molar-refractivity contribution in [2.45, 2.75) is 26.3 Å². The molecule has 2 aromatic rings. The van der Waals surface area contributed by atoms with Crippen LogP contribution in [0, 0.1) is 11.7 Å². The number of benzene rings is 2. The summed E-state index contributed by atoms with van der Waals surface area (Å²) in [6.45, 7) is 4.10. The molecule has 0 fully saturated rings. The van der Waals surface area contributed by atoms with Crippen molar-refractivity contribution in [2.75, 3.05) is 11.1 Å². The van der Waals surface area contributed by atoms with Gasteiger partial charge in [0, 0.05) is 5.56 Å². The minimum atomic E-state index is -0.500. The molecule has 6 nitrogen and oxygen atoms in total. The van der Waals surface area contributed by atoms with Gasteiger partial charge in [-0.25, -0.2) is 14.3 Å². The molecule has 154 valence electrons. The molecule has 2 aromatic carbocycles. The lowest BCUT2D eigenvalue weighted by Gasteiger charge is -2.25. The molecular weight excluding hydrogens is 403 g/mol. The maximum absolute atomic E-state index is 13.8. The molecule has 0 unspecified atom stereocenters. The first-order valence-corrected chi connectivity index (χ1v) is 10.7. The number of carbonyl (C=O) groups is 2. The molecule has 0 bridgehead atoms. The quantitative estimate of drug-likeness (QED) is 0.782. The lowest BCUT2D eigenvalue weighted by molar-refractivity contribution is -0.125. The summed E-state index contributed by atoms with van der Waals surface area (Å²) in [6.07, 6.45) is 0.646. The summed E-state index contributed by atoms with van der Waals surface area (Å²) < 4.78 is 13.8. The van der Waals surface area contributed by atoms with Gasteiger partial charge in [0.2, 0.25) is 5.91 Å². The number of fused-ring (bicyclic) bond motifs is 3. The predicted molar refractivity (Wildman–Crippen MR) is 118 cm³/mol. The number of aliphatic imine (C=N–C) groups is 2. The van der Waals surface area contributed by atoms with Crippen LogP contribution in [0.1, 0.15) is 25.8 Å². The Morgan fingerprint density at radius 3 is 2.70 bits per heavy atom. The minimum absolute atomic E-state index is 0.0127. The monoisotopic (exact) mass is 424 g/mol. The van der Waals surface area contributed by atoms with Crippen LogP contribution < -0.4 is 5.32 Å². The molecular formula is C22H21FN4O2S. The van der Waals surface area contributed by atoms with E-state index >= 15 is 0 Å². The van der Waals surface area contributed by atoms with Gasteiger partial charge in [0.25, 0.3) is 5.91 Å². The van der Waals surface area contributed by atoms with E-state index in [9.17, 15) is 14.0 Å². The number of thioether (sulfide) groups is 1. The Kier molecular flexibility index (Phi) is 5.67. The van der Waals surface area contributed by atoms with Gasteiger partial charge in [-0.2, -0.15) is 0 Å². The first kappa shape index (κ1) is 20.3. The summed E-state index contributed by atoms with van der Waals surface area (Å²) in [6, 6.07) is 13.0. The number of halogens is 1. The first-order chi connectivity index (χ1) is 14.4. The van der Waals surface area contributed by atoms with Crippen molar-refractivity contribution in [1.82, 2.24) is 4.90 Å². The first-order valence-electron chi connectivity index (χ1n) is 9.71. The van der Waals surface area contributed by atoms with Crippen LogP contribution in [0.3, 0.4) is 0 Å². The number of hydrogen-bond donors (Lipinski definition) is 1. The largest absolute Gasteiger partial charge is 0.323 e. The van der Waals surface area contributed by atoms with E-state index in [1.807, 2.05) is 24.3 Å². The Labute approximate surface area is 178 Å². The van der Waals surface area contributed by atoms with Gasteiger partial charge in [0.15, 0.2) is 5.17 Å². The zero-order chi connectivity index (χ0) is 21.3. The maximum Gasteiger partial charge on any atom is 0.259 e. The second-order valence-corrected chi connectivity index (χ2v) is 8.44. The Balaban J connectivity index is 1.55.